The molecule has 5 heteroatoms. The number of aromatic nitrogens is 4. The number of para-hydroxylation sites is 2. The number of nitrogens with zero attached hydrogens (tertiary/aromatic N) is 4. The van der Waals surface area contributed by atoms with Gasteiger partial charge in [-0.15, -0.1) is 0 Å². The molecule has 0 amide bonds. The molecule has 0 saturated carbocycles. The van der Waals surface area contributed by atoms with Crippen molar-refractivity contribution in [2.75, 3.05) is 0 Å². The smallest absolute Gasteiger partial charge is 0.179 e. The summed E-state index contributed by atoms with van der Waals surface area (Å²) in [5.74, 6) is 0.640. The van der Waals surface area contributed by atoms with Gasteiger partial charge in [0.15, 0.2) is 25.2 Å². The molecule has 3 heterocycles. The molecule has 12 rings (SSSR count). The summed E-state index contributed by atoms with van der Waals surface area (Å²) in [6.45, 7) is 0. The summed E-state index contributed by atoms with van der Waals surface area (Å²) in [5.41, 5.74) is 5.66. The van der Waals surface area contributed by atoms with E-state index in [-0.39, 0.29) is 0 Å². The van der Waals surface area contributed by atoms with E-state index in [1.807, 2.05) is 0 Å². The van der Waals surface area contributed by atoms with Crippen LogP contribution in [0.2, 0.25) is 0 Å². The van der Waals surface area contributed by atoms with Gasteiger partial charge in [0.25, 0.3) is 0 Å². The number of rotatable bonds is 6. The van der Waals surface area contributed by atoms with E-state index >= 15 is 0 Å². The van der Waals surface area contributed by atoms with Crippen LogP contribution in [0.5, 0.6) is 0 Å². The van der Waals surface area contributed by atoms with Crippen molar-refractivity contribution >= 4 is 94.2 Å². The molecule has 4 nitrogen and oxygen atoms in total. The van der Waals surface area contributed by atoms with Crippen LogP contribution in [0, 0.1) is 0 Å². The molecule has 9 aromatic carbocycles. The first-order valence-corrected chi connectivity index (χ1v) is 23.1. The van der Waals surface area contributed by atoms with Gasteiger partial charge in [0.05, 0.1) is 11.0 Å². The van der Waals surface area contributed by atoms with E-state index in [1.165, 1.54) is 31.5 Å². The molecule has 0 fully saturated rings. The highest BCUT2D eigenvalue weighted by Gasteiger charge is 2.41. The minimum Gasteiger partial charge on any atom is -0.309 e. The summed E-state index contributed by atoms with van der Waals surface area (Å²) in [4.78, 5) is 16.2. The molecular weight excluding hydrogens is 769 g/mol. The Morgan fingerprint density at radius 1 is 0.323 bits per heavy atom. The summed E-state index contributed by atoms with van der Waals surface area (Å²) in [5, 5.41) is 13.9. The summed E-state index contributed by atoms with van der Waals surface area (Å²) in [6.07, 6.45) is 0. The summed E-state index contributed by atoms with van der Waals surface area (Å²) in [6, 6.07) is 83.4. The van der Waals surface area contributed by atoms with Gasteiger partial charge in [0.2, 0.25) is 0 Å². The lowest BCUT2D eigenvalue weighted by Gasteiger charge is -2.34. The van der Waals surface area contributed by atoms with Gasteiger partial charge >= 0.3 is 0 Å². The molecule has 0 saturated heterocycles. The van der Waals surface area contributed by atoms with Crippen molar-refractivity contribution in [2.45, 2.75) is 0 Å². The van der Waals surface area contributed by atoms with E-state index in [2.05, 4.69) is 235 Å². The van der Waals surface area contributed by atoms with E-state index in [0.717, 1.165) is 54.6 Å². The van der Waals surface area contributed by atoms with Gasteiger partial charge < -0.3 is 4.57 Å². The molecule has 0 unspecified atom stereocenters. The highest BCUT2D eigenvalue weighted by atomic mass is 28.3. The average molecular weight is 807 g/mol. The predicted octanol–water partition coefficient (Wildman–Crippen LogP) is 11.2. The maximum atomic E-state index is 5.43. The van der Waals surface area contributed by atoms with Crippen LogP contribution in [-0.4, -0.2) is 27.6 Å². The van der Waals surface area contributed by atoms with Crippen LogP contribution in [0.3, 0.4) is 0 Å². The van der Waals surface area contributed by atoms with Crippen LogP contribution < -0.4 is 20.7 Å². The van der Waals surface area contributed by atoms with Gasteiger partial charge in [-0.1, -0.05) is 200 Å². The third-order valence-corrected chi connectivity index (χ3v) is 17.3. The Morgan fingerprint density at radius 2 is 0.774 bits per heavy atom. The van der Waals surface area contributed by atoms with E-state index in [1.54, 1.807) is 0 Å². The average Bonchev–Trinajstić information content (AvgIpc) is 3.69. The SMILES string of the molecule is c1ccc(-n2c3ccccc3c3cc4cc(c5ccccc5c5nc(-c6cccc([Si](c7ccccc7)(c7ccccc7)c7ccccc7)c6)nc(n5)c5ccccc45)c32)cc1. The minimum absolute atomic E-state index is 0.640. The Labute approximate surface area is 359 Å². The second-order valence-corrected chi connectivity index (χ2v) is 19.7. The minimum atomic E-state index is -2.82. The summed E-state index contributed by atoms with van der Waals surface area (Å²) < 4.78 is 2.41. The van der Waals surface area contributed by atoms with Gasteiger partial charge in [-0.05, 0) is 67.2 Å². The lowest BCUT2D eigenvalue weighted by molar-refractivity contribution is 1.18. The van der Waals surface area contributed by atoms with Crippen molar-refractivity contribution < 1.29 is 0 Å². The fourth-order valence-corrected chi connectivity index (χ4v) is 14.6. The summed E-state index contributed by atoms with van der Waals surface area (Å²) >= 11 is 0. The van der Waals surface area contributed by atoms with Crippen molar-refractivity contribution in [2.24, 2.45) is 0 Å². The van der Waals surface area contributed by atoms with Gasteiger partial charge in [-0.2, -0.15) is 0 Å². The fourth-order valence-electron chi connectivity index (χ4n) is 9.85. The number of hydrogen-bond acceptors (Lipinski definition) is 3. The van der Waals surface area contributed by atoms with Crippen LogP contribution in [0.4, 0.5) is 0 Å². The van der Waals surface area contributed by atoms with E-state index in [0.29, 0.717) is 17.1 Å². The van der Waals surface area contributed by atoms with Crippen molar-refractivity contribution in [1.29, 1.82) is 0 Å². The highest BCUT2D eigenvalue weighted by Crippen LogP contribution is 2.39. The molecule has 0 aliphatic rings. The van der Waals surface area contributed by atoms with E-state index < -0.39 is 8.07 Å². The first kappa shape index (κ1) is 35.9. The van der Waals surface area contributed by atoms with Gasteiger partial charge in [-0.3, -0.25) is 0 Å². The quantitative estimate of drug-likeness (QED) is 0.124. The lowest BCUT2D eigenvalue weighted by atomic mass is 10.00. The van der Waals surface area contributed by atoms with Crippen LogP contribution in [-0.2, 0) is 0 Å². The zero-order valence-electron chi connectivity index (χ0n) is 33.7. The van der Waals surface area contributed by atoms with Crippen LogP contribution in [0.15, 0.2) is 231 Å². The fraction of sp³-hybridized carbons (Fsp3) is 0. The molecule has 62 heavy (non-hydrogen) atoms. The molecule has 0 radical (unpaired) electrons. The topological polar surface area (TPSA) is 43.6 Å². The molecule has 12 aromatic rings. The Bertz CT molecular complexity index is 3590. The maximum Gasteiger partial charge on any atom is 0.179 e. The number of hydrogen-bond donors (Lipinski definition) is 0. The van der Waals surface area contributed by atoms with E-state index in [9.17, 15) is 0 Å². The molecule has 0 aliphatic carbocycles. The summed E-state index contributed by atoms with van der Waals surface area (Å²) in [7, 11) is -2.82. The van der Waals surface area contributed by atoms with Gasteiger partial charge in [0.1, 0.15) is 0 Å². The predicted molar refractivity (Wildman–Crippen MR) is 262 cm³/mol. The van der Waals surface area contributed by atoms with Crippen LogP contribution in [0.1, 0.15) is 0 Å². The second-order valence-electron chi connectivity index (χ2n) is 15.9. The number of benzene rings is 9. The molecule has 0 atom stereocenters. The Morgan fingerprint density at radius 3 is 1.37 bits per heavy atom. The third kappa shape index (κ3) is 5.63. The van der Waals surface area contributed by atoms with Crippen molar-refractivity contribution in [3.05, 3.63) is 231 Å². The Balaban J connectivity index is 1.21. The second kappa shape index (κ2) is 14.6. The lowest BCUT2D eigenvalue weighted by Crippen LogP contribution is -2.74. The maximum absolute atomic E-state index is 5.43. The third-order valence-electron chi connectivity index (χ3n) is 12.5. The van der Waals surface area contributed by atoms with Crippen LogP contribution >= 0.6 is 0 Å². The molecule has 3 aromatic heterocycles. The standard InChI is InChI=1S/C57H38N4Si/c1-5-21-41(22-6-1)61-53-35-18-17-32-48(53)52-38-40-37-51(54(52)61)47-31-14-16-34-50(47)57-59-55(58-56(60-57)49-33-15-13-30-46(40)49)39-20-19-29-45(36-39)62(42-23-7-2-8-24-42,43-25-9-3-10-26-43)44-27-11-4-12-28-44/h1-38H. The normalized spacial score (nSPS) is 11.9. The zero-order valence-corrected chi connectivity index (χ0v) is 34.7. The molecule has 0 N–H and O–H groups in total. The van der Waals surface area contributed by atoms with E-state index in [4.69, 9.17) is 15.0 Å². The van der Waals surface area contributed by atoms with Gasteiger partial charge in [-0.25, -0.2) is 15.0 Å². The van der Waals surface area contributed by atoms with Crippen molar-refractivity contribution in [3.63, 3.8) is 0 Å². The first-order valence-electron chi connectivity index (χ1n) is 21.1. The molecule has 0 spiro atoms. The molecule has 0 aliphatic heterocycles. The largest absolute Gasteiger partial charge is 0.309 e. The van der Waals surface area contributed by atoms with Crippen molar-refractivity contribution in [1.82, 2.24) is 19.5 Å². The highest BCUT2D eigenvalue weighted by molar-refractivity contribution is 7.19. The molecule has 290 valence electrons. The monoisotopic (exact) mass is 806 g/mol. The Hall–Kier alpha value is -7.99. The molecule has 4 bridgehead atoms. The Kier molecular flexibility index (Phi) is 8.47. The number of fused-ring (bicyclic) bond motifs is 14. The first-order chi connectivity index (χ1) is 30.8. The van der Waals surface area contributed by atoms with Crippen LogP contribution in [0.25, 0.3) is 82.5 Å². The van der Waals surface area contributed by atoms with Gasteiger partial charge in [0, 0.05) is 38.2 Å². The van der Waals surface area contributed by atoms with Crippen molar-refractivity contribution in [3.8, 4) is 17.1 Å². The molecular formula is C57H38N4Si. The zero-order chi connectivity index (χ0) is 41.0.